The summed E-state index contributed by atoms with van der Waals surface area (Å²) >= 11 is 1.43. The summed E-state index contributed by atoms with van der Waals surface area (Å²) in [5, 5.41) is 6.12. The van der Waals surface area contributed by atoms with E-state index in [1.807, 2.05) is 0 Å². The molecule has 126 valence electrons. The molecule has 1 aliphatic rings. The number of urea groups is 1. The minimum Gasteiger partial charge on any atom is -0.455 e. The topological polar surface area (TPSA) is 100 Å². The van der Waals surface area contributed by atoms with Crippen molar-refractivity contribution in [3.05, 3.63) is 42.1 Å². The van der Waals surface area contributed by atoms with Crippen molar-refractivity contribution in [3.63, 3.8) is 0 Å². The smallest absolute Gasteiger partial charge is 0.317 e. The lowest BCUT2D eigenvalue weighted by Crippen LogP contribution is -2.36. The monoisotopic (exact) mass is 347 g/mol. The Labute approximate surface area is 143 Å². The number of nitrogens with zero attached hydrogens (tertiary/aromatic N) is 3. The van der Waals surface area contributed by atoms with Crippen LogP contribution in [0, 0.1) is 0 Å². The molecule has 1 fully saturated rings. The summed E-state index contributed by atoms with van der Waals surface area (Å²) in [6.07, 6.45) is 3.36. The molecule has 8 nitrogen and oxygen atoms in total. The number of hydrogen-bond acceptors (Lipinski definition) is 6. The molecule has 9 heteroatoms. The van der Waals surface area contributed by atoms with Crippen LogP contribution < -0.4 is 10.6 Å². The fourth-order valence-corrected chi connectivity index (χ4v) is 2.89. The summed E-state index contributed by atoms with van der Waals surface area (Å²) in [6, 6.07) is 5.06. The summed E-state index contributed by atoms with van der Waals surface area (Å²) in [6.45, 7) is 2.18. The molecule has 0 unspecified atom stereocenters. The van der Waals surface area contributed by atoms with Gasteiger partial charge < -0.3 is 20.0 Å². The van der Waals surface area contributed by atoms with Crippen molar-refractivity contribution in [3.8, 4) is 0 Å². The molecule has 0 atom stereocenters. The number of thioether (sulfide) groups is 1. The lowest BCUT2D eigenvalue weighted by molar-refractivity contribution is 0.0921. The second-order valence-corrected chi connectivity index (χ2v) is 6.00. The van der Waals surface area contributed by atoms with Crippen molar-refractivity contribution in [1.82, 2.24) is 25.5 Å². The van der Waals surface area contributed by atoms with E-state index in [0.717, 1.165) is 0 Å². The molecule has 0 aliphatic carbocycles. The number of aromatic nitrogens is 2. The van der Waals surface area contributed by atoms with Crippen LogP contribution in [0.1, 0.15) is 16.3 Å². The largest absolute Gasteiger partial charge is 0.455 e. The maximum atomic E-state index is 12.0. The zero-order valence-corrected chi connectivity index (χ0v) is 13.7. The molecular formula is C15H17N5O3S. The highest BCUT2D eigenvalue weighted by Gasteiger charge is 2.19. The van der Waals surface area contributed by atoms with Gasteiger partial charge in [-0.2, -0.15) is 0 Å². The molecule has 0 saturated carbocycles. The molecule has 0 radical (unpaired) electrons. The number of carbonyl (C=O) groups excluding carboxylic acids is 2. The molecule has 0 aromatic carbocycles. The van der Waals surface area contributed by atoms with Crippen LogP contribution in [0.3, 0.4) is 0 Å². The normalized spacial score (nSPS) is 13.8. The molecule has 2 N–H and O–H groups in total. The first-order valence-corrected chi connectivity index (χ1v) is 8.50. The van der Waals surface area contributed by atoms with Gasteiger partial charge in [-0.05, 0) is 18.2 Å². The van der Waals surface area contributed by atoms with E-state index >= 15 is 0 Å². The van der Waals surface area contributed by atoms with E-state index in [4.69, 9.17) is 4.42 Å². The predicted octanol–water partition coefficient (Wildman–Crippen LogP) is 1.12. The molecule has 2 aromatic heterocycles. The van der Waals surface area contributed by atoms with Crippen LogP contribution in [0.2, 0.25) is 0 Å². The van der Waals surface area contributed by atoms with Crippen LogP contribution in [-0.2, 0) is 5.75 Å². The van der Waals surface area contributed by atoms with Crippen molar-refractivity contribution in [1.29, 1.82) is 0 Å². The van der Waals surface area contributed by atoms with E-state index in [-0.39, 0.29) is 17.7 Å². The molecule has 3 rings (SSSR count). The second kappa shape index (κ2) is 7.82. The lowest BCUT2D eigenvalue weighted by atomic mass is 10.4. The maximum absolute atomic E-state index is 12.0. The Morgan fingerprint density at radius 3 is 2.96 bits per heavy atom. The Kier molecular flexibility index (Phi) is 5.32. The molecule has 1 aliphatic heterocycles. The highest BCUT2D eigenvalue weighted by atomic mass is 32.2. The van der Waals surface area contributed by atoms with Gasteiger partial charge in [0, 0.05) is 38.6 Å². The van der Waals surface area contributed by atoms with Gasteiger partial charge in [0.15, 0.2) is 10.9 Å². The van der Waals surface area contributed by atoms with E-state index in [1.54, 1.807) is 35.5 Å². The highest BCUT2D eigenvalue weighted by molar-refractivity contribution is 7.98. The van der Waals surface area contributed by atoms with Gasteiger partial charge in [-0.1, -0.05) is 11.8 Å². The van der Waals surface area contributed by atoms with Gasteiger partial charge in [-0.15, -0.1) is 0 Å². The van der Waals surface area contributed by atoms with Crippen molar-refractivity contribution in [2.45, 2.75) is 10.9 Å². The Morgan fingerprint density at radius 2 is 2.21 bits per heavy atom. The minimum atomic E-state index is -0.290. The van der Waals surface area contributed by atoms with Gasteiger partial charge in [0.05, 0.1) is 5.75 Å². The highest BCUT2D eigenvalue weighted by Crippen LogP contribution is 2.20. The Balaban J connectivity index is 1.44. The SMILES string of the molecule is O=C(NCCN1CCNC1=O)c1ccc(CSc2ncccn2)o1. The average molecular weight is 347 g/mol. The van der Waals surface area contributed by atoms with Crippen molar-refractivity contribution >= 4 is 23.7 Å². The number of hydrogen-bond donors (Lipinski definition) is 2. The van der Waals surface area contributed by atoms with E-state index in [9.17, 15) is 9.59 Å². The van der Waals surface area contributed by atoms with Gasteiger partial charge in [0.25, 0.3) is 5.91 Å². The van der Waals surface area contributed by atoms with Crippen molar-refractivity contribution in [2.24, 2.45) is 0 Å². The molecular weight excluding hydrogens is 330 g/mol. The van der Waals surface area contributed by atoms with Crippen LogP contribution in [0.25, 0.3) is 0 Å². The van der Waals surface area contributed by atoms with E-state index in [2.05, 4.69) is 20.6 Å². The maximum Gasteiger partial charge on any atom is 0.317 e. The third-order valence-electron chi connectivity index (χ3n) is 3.38. The first kappa shape index (κ1) is 16.3. The van der Waals surface area contributed by atoms with Gasteiger partial charge in [-0.25, -0.2) is 14.8 Å². The van der Waals surface area contributed by atoms with E-state index in [0.29, 0.717) is 42.8 Å². The van der Waals surface area contributed by atoms with Crippen LogP contribution in [0.15, 0.2) is 40.2 Å². The third kappa shape index (κ3) is 4.25. The lowest BCUT2D eigenvalue weighted by Gasteiger charge is -2.13. The number of nitrogens with one attached hydrogen (secondary N) is 2. The zero-order valence-electron chi connectivity index (χ0n) is 12.9. The zero-order chi connectivity index (χ0) is 16.8. The standard InChI is InChI=1S/C15H17N5O3S/c21-13(16-6-8-20-9-7-19-15(20)22)12-3-2-11(23-12)10-24-14-17-4-1-5-18-14/h1-5H,6-10H2,(H,16,21)(H,19,22). The summed E-state index contributed by atoms with van der Waals surface area (Å²) in [5.74, 6) is 1.19. The fourth-order valence-electron chi connectivity index (χ4n) is 2.19. The number of amides is 3. The van der Waals surface area contributed by atoms with Gasteiger partial charge in [0.1, 0.15) is 5.76 Å². The van der Waals surface area contributed by atoms with Gasteiger partial charge in [-0.3, -0.25) is 4.79 Å². The summed E-state index contributed by atoms with van der Waals surface area (Å²) in [4.78, 5) is 33.3. The first-order chi connectivity index (χ1) is 11.7. The van der Waals surface area contributed by atoms with Crippen LogP contribution in [0.4, 0.5) is 4.79 Å². The van der Waals surface area contributed by atoms with Gasteiger partial charge in [0.2, 0.25) is 0 Å². The molecule has 2 aromatic rings. The Hall–Kier alpha value is -2.55. The minimum absolute atomic E-state index is 0.0929. The molecule has 1 saturated heterocycles. The van der Waals surface area contributed by atoms with E-state index in [1.165, 1.54) is 11.8 Å². The molecule has 24 heavy (non-hydrogen) atoms. The van der Waals surface area contributed by atoms with Crippen molar-refractivity contribution < 1.29 is 14.0 Å². The second-order valence-electron chi connectivity index (χ2n) is 5.06. The number of rotatable bonds is 7. The molecule has 0 bridgehead atoms. The van der Waals surface area contributed by atoms with Crippen molar-refractivity contribution in [2.75, 3.05) is 26.2 Å². The molecule has 0 spiro atoms. The molecule has 3 amide bonds. The van der Waals surface area contributed by atoms with Crippen LogP contribution in [-0.4, -0.2) is 53.0 Å². The number of carbonyl (C=O) groups is 2. The average Bonchev–Trinajstić information content (AvgIpc) is 3.23. The van der Waals surface area contributed by atoms with E-state index < -0.39 is 0 Å². The van der Waals surface area contributed by atoms with Gasteiger partial charge >= 0.3 is 6.03 Å². The third-order valence-corrected chi connectivity index (χ3v) is 4.28. The Morgan fingerprint density at radius 1 is 1.38 bits per heavy atom. The predicted molar refractivity (Wildman–Crippen MR) is 87.6 cm³/mol. The van der Waals surface area contributed by atoms with Crippen LogP contribution >= 0.6 is 11.8 Å². The summed E-state index contributed by atoms with van der Waals surface area (Å²) in [5.41, 5.74) is 0. The fraction of sp³-hybridized carbons (Fsp3) is 0.333. The summed E-state index contributed by atoms with van der Waals surface area (Å²) < 4.78 is 5.53. The molecule has 3 heterocycles. The number of furan rings is 1. The quantitative estimate of drug-likeness (QED) is 0.575. The summed E-state index contributed by atoms with van der Waals surface area (Å²) in [7, 11) is 0. The first-order valence-electron chi connectivity index (χ1n) is 7.52. The Bertz CT molecular complexity index is 706. The van der Waals surface area contributed by atoms with Crippen LogP contribution in [0.5, 0.6) is 0 Å².